The SMILES string of the molecule is COc1ccc(-c2nc([C@H](C)OC(=O)C(F)(F)F)c(C)s2)cc1OCCN1CCOCC1. The van der Waals surface area contributed by atoms with E-state index in [2.05, 4.69) is 14.6 Å². The van der Waals surface area contributed by atoms with Gasteiger partial charge in [0.05, 0.1) is 26.0 Å². The smallest absolute Gasteiger partial charge is 0.490 e. The summed E-state index contributed by atoms with van der Waals surface area (Å²) in [7, 11) is 1.55. The van der Waals surface area contributed by atoms with Crippen molar-refractivity contribution < 1.29 is 36.9 Å². The number of aromatic nitrogens is 1. The third-order valence-electron chi connectivity index (χ3n) is 4.91. The van der Waals surface area contributed by atoms with Gasteiger partial charge in [-0.1, -0.05) is 0 Å². The van der Waals surface area contributed by atoms with Crippen LogP contribution in [-0.2, 0) is 14.3 Å². The molecule has 2 aromatic rings. The number of thiazole rings is 1. The normalized spacial score (nSPS) is 15.9. The Balaban J connectivity index is 1.72. The molecule has 1 aromatic carbocycles. The molecule has 2 heterocycles. The van der Waals surface area contributed by atoms with E-state index in [1.165, 1.54) is 18.3 Å². The molecule has 0 aliphatic carbocycles. The van der Waals surface area contributed by atoms with Gasteiger partial charge in [0.25, 0.3) is 0 Å². The lowest BCUT2D eigenvalue weighted by atomic mass is 10.2. The van der Waals surface area contributed by atoms with Gasteiger partial charge in [-0.3, -0.25) is 4.90 Å². The summed E-state index contributed by atoms with van der Waals surface area (Å²) in [5.74, 6) is -1.12. The van der Waals surface area contributed by atoms with Crippen LogP contribution < -0.4 is 9.47 Å². The molecule has 0 spiro atoms. The maximum absolute atomic E-state index is 12.5. The van der Waals surface area contributed by atoms with Crippen molar-refractivity contribution in [3.63, 3.8) is 0 Å². The lowest BCUT2D eigenvalue weighted by Gasteiger charge is -2.26. The molecule has 0 unspecified atom stereocenters. The number of methoxy groups -OCH3 is 1. The molecular weight excluding hydrogens is 449 g/mol. The molecule has 3 rings (SSSR count). The zero-order chi connectivity index (χ0) is 23.3. The van der Waals surface area contributed by atoms with Gasteiger partial charge in [0, 0.05) is 30.1 Å². The zero-order valence-corrected chi connectivity index (χ0v) is 18.8. The zero-order valence-electron chi connectivity index (χ0n) is 18.0. The van der Waals surface area contributed by atoms with Crippen LogP contribution in [0.25, 0.3) is 10.6 Å². The molecule has 176 valence electrons. The molecule has 7 nitrogen and oxygen atoms in total. The molecule has 1 atom stereocenters. The number of hydrogen-bond donors (Lipinski definition) is 0. The van der Waals surface area contributed by atoms with E-state index in [1.807, 2.05) is 0 Å². The average Bonchev–Trinajstić information content (AvgIpc) is 3.15. The number of hydrogen-bond acceptors (Lipinski definition) is 8. The van der Waals surface area contributed by atoms with Crippen molar-refractivity contribution >= 4 is 17.3 Å². The predicted molar refractivity (Wildman–Crippen MR) is 112 cm³/mol. The molecule has 0 saturated carbocycles. The summed E-state index contributed by atoms with van der Waals surface area (Å²) in [5, 5.41) is 0.577. The van der Waals surface area contributed by atoms with Gasteiger partial charge in [0.15, 0.2) is 11.5 Å². The van der Waals surface area contributed by atoms with Crippen LogP contribution in [0.15, 0.2) is 18.2 Å². The molecule has 0 bridgehead atoms. The highest BCUT2D eigenvalue weighted by molar-refractivity contribution is 7.15. The molecule has 1 saturated heterocycles. The lowest BCUT2D eigenvalue weighted by Crippen LogP contribution is -2.38. The first-order chi connectivity index (χ1) is 15.2. The van der Waals surface area contributed by atoms with E-state index in [9.17, 15) is 18.0 Å². The first-order valence-corrected chi connectivity index (χ1v) is 10.9. The van der Waals surface area contributed by atoms with Crippen LogP contribution in [0.5, 0.6) is 11.5 Å². The minimum atomic E-state index is -5.05. The molecule has 0 N–H and O–H groups in total. The van der Waals surface area contributed by atoms with Crippen LogP contribution in [0.1, 0.15) is 23.6 Å². The van der Waals surface area contributed by atoms with Crippen LogP contribution in [-0.4, -0.2) is 68.6 Å². The van der Waals surface area contributed by atoms with Crippen molar-refractivity contribution in [2.75, 3.05) is 46.6 Å². The molecule has 0 radical (unpaired) electrons. The quantitative estimate of drug-likeness (QED) is 0.536. The highest BCUT2D eigenvalue weighted by Gasteiger charge is 2.42. The van der Waals surface area contributed by atoms with Gasteiger partial charge in [-0.25, -0.2) is 9.78 Å². The number of rotatable bonds is 8. The first kappa shape index (κ1) is 24.3. The number of nitrogens with zero attached hydrogens (tertiary/aromatic N) is 2. The number of carbonyl (C=O) groups excluding carboxylic acids is 1. The largest absolute Gasteiger partial charge is 0.493 e. The van der Waals surface area contributed by atoms with E-state index < -0.39 is 18.2 Å². The Kier molecular flexibility index (Phi) is 7.96. The van der Waals surface area contributed by atoms with Gasteiger partial charge in [-0.2, -0.15) is 13.2 Å². The Morgan fingerprint density at radius 3 is 2.66 bits per heavy atom. The van der Waals surface area contributed by atoms with E-state index in [0.29, 0.717) is 41.2 Å². The Morgan fingerprint density at radius 2 is 2.00 bits per heavy atom. The van der Waals surface area contributed by atoms with Crippen LogP contribution in [0.2, 0.25) is 0 Å². The van der Waals surface area contributed by atoms with E-state index >= 15 is 0 Å². The third kappa shape index (κ3) is 6.11. The van der Waals surface area contributed by atoms with Crippen molar-refractivity contribution in [1.29, 1.82) is 0 Å². The van der Waals surface area contributed by atoms with Gasteiger partial charge in [-0.05, 0) is 32.0 Å². The topological polar surface area (TPSA) is 70.1 Å². The van der Waals surface area contributed by atoms with E-state index in [0.717, 1.165) is 25.2 Å². The molecular formula is C21H25F3N2O5S. The van der Waals surface area contributed by atoms with Gasteiger partial charge >= 0.3 is 12.1 Å². The van der Waals surface area contributed by atoms with Crippen molar-refractivity contribution in [3.8, 4) is 22.1 Å². The summed E-state index contributed by atoms with van der Waals surface area (Å²) in [6.45, 7) is 7.44. The fourth-order valence-electron chi connectivity index (χ4n) is 3.22. The molecule has 1 aliphatic rings. The summed E-state index contributed by atoms with van der Waals surface area (Å²) < 4.78 is 58.7. The predicted octanol–water partition coefficient (Wildman–Crippen LogP) is 4.00. The number of benzene rings is 1. The van der Waals surface area contributed by atoms with Crippen molar-refractivity contribution in [3.05, 3.63) is 28.8 Å². The summed E-state index contributed by atoms with van der Waals surface area (Å²) in [6, 6.07) is 5.33. The molecule has 32 heavy (non-hydrogen) atoms. The maximum atomic E-state index is 12.5. The highest BCUT2D eigenvalue weighted by Crippen LogP contribution is 2.37. The Morgan fingerprint density at radius 1 is 1.28 bits per heavy atom. The molecule has 1 aromatic heterocycles. The van der Waals surface area contributed by atoms with Gasteiger partial charge in [0.2, 0.25) is 0 Å². The Hall–Kier alpha value is -2.37. The number of ether oxygens (including phenoxy) is 4. The van der Waals surface area contributed by atoms with Gasteiger partial charge in [0.1, 0.15) is 17.7 Å². The second kappa shape index (κ2) is 10.5. The molecule has 1 fully saturated rings. The number of halogens is 3. The Bertz CT molecular complexity index is 929. The summed E-state index contributed by atoms with van der Waals surface area (Å²) in [6.07, 6.45) is -6.18. The fraction of sp³-hybridized carbons (Fsp3) is 0.524. The fourth-order valence-corrected chi connectivity index (χ4v) is 4.22. The summed E-state index contributed by atoms with van der Waals surface area (Å²) in [4.78, 5) is 18.5. The molecule has 11 heteroatoms. The first-order valence-electron chi connectivity index (χ1n) is 10.1. The average molecular weight is 475 g/mol. The minimum Gasteiger partial charge on any atom is -0.493 e. The van der Waals surface area contributed by atoms with E-state index in [1.54, 1.807) is 32.2 Å². The lowest BCUT2D eigenvalue weighted by molar-refractivity contribution is -0.204. The standard InChI is InChI=1S/C21H25F3N2O5S/c1-13(31-20(27)21(22,23)24)18-14(2)32-19(25-18)15-4-5-16(28-3)17(12-15)30-11-8-26-6-9-29-10-7-26/h4-5,12-13H,6-11H2,1-3H3/t13-/m0/s1. The van der Waals surface area contributed by atoms with Crippen LogP contribution in [0, 0.1) is 6.92 Å². The number of carbonyl (C=O) groups is 1. The van der Waals surface area contributed by atoms with E-state index in [4.69, 9.17) is 14.2 Å². The number of alkyl halides is 3. The van der Waals surface area contributed by atoms with E-state index in [-0.39, 0.29) is 5.69 Å². The summed E-state index contributed by atoms with van der Waals surface area (Å²) in [5.41, 5.74) is 1.01. The monoisotopic (exact) mass is 474 g/mol. The van der Waals surface area contributed by atoms with Gasteiger partial charge < -0.3 is 18.9 Å². The van der Waals surface area contributed by atoms with Crippen molar-refractivity contribution in [1.82, 2.24) is 9.88 Å². The maximum Gasteiger partial charge on any atom is 0.490 e. The third-order valence-corrected chi connectivity index (χ3v) is 5.95. The van der Waals surface area contributed by atoms with Crippen LogP contribution in [0.3, 0.4) is 0 Å². The second-order valence-corrected chi connectivity index (χ2v) is 8.38. The minimum absolute atomic E-state index is 0.285. The summed E-state index contributed by atoms with van der Waals surface area (Å²) >= 11 is 1.30. The van der Waals surface area contributed by atoms with Crippen LogP contribution >= 0.6 is 11.3 Å². The van der Waals surface area contributed by atoms with Gasteiger partial charge in [-0.15, -0.1) is 11.3 Å². The second-order valence-electron chi connectivity index (χ2n) is 7.17. The highest BCUT2D eigenvalue weighted by atomic mass is 32.1. The number of esters is 1. The number of aryl methyl sites for hydroxylation is 1. The van der Waals surface area contributed by atoms with Crippen molar-refractivity contribution in [2.45, 2.75) is 26.1 Å². The number of morpholine rings is 1. The molecule has 0 amide bonds. The molecule has 1 aliphatic heterocycles. The Labute approximate surface area is 188 Å². The van der Waals surface area contributed by atoms with Crippen LogP contribution in [0.4, 0.5) is 13.2 Å². The van der Waals surface area contributed by atoms with Crippen molar-refractivity contribution in [2.24, 2.45) is 0 Å².